The number of halogens is 3. The van der Waals surface area contributed by atoms with Gasteiger partial charge in [0.05, 0.1) is 5.52 Å². The SMILES string of the molecule is FC(F)c1ccc(Br)c2cccnc12. The second-order valence-electron chi connectivity index (χ2n) is 2.84. The van der Waals surface area contributed by atoms with Crippen LogP contribution in [-0.4, -0.2) is 4.98 Å². The van der Waals surface area contributed by atoms with Gasteiger partial charge in [0.1, 0.15) is 0 Å². The Kier molecular flexibility index (Phi) is 2.46. The minimum Gasteiger partial charge on any atom is -0.256 e. The van der Waals surface area contributed by atoms with Crippen LogP contribution in [0.15, 0.2) is 34.9 Å². The topological polar surface area (TPSA) is 12.9 Å². The second-order valence-corrected chi connectivity index (χ2v) is 3.69. The number of nitrogens with zero attached hydrogens (tertiary/aromatic N) is 1. The van der Waals surface area contributed by atoms with E-state index < -0.39 is 6.43 Å². The molecule has 0 radical (unpaired) electrons. The summed E-state index contributed by atoms with van der Waals surface area (Å²) in [4.78, 5) is 3.95. The van der Waals surface area contributed by atoms with E-state index >= 15 is 0 Å². The molecule has 0 saturated carbocycles. The van der Waals surface area contributed by atoms with Crippen molar-refractivity contribution in [3.63, 3.8) is 0 Å². The van der Waals surface area contributed by atoms with E-state index in [-0.39, 0.29) is 5.56 Å². The number of pyridine rings is 1. The Morgan fingerprint density at radius 3 is 2.71 bits per heavy atom. The van der Waals surface area contributed by atoms with E-state index in [4.69, 9.17) is 0 Å². The molecule has 2 aromatic rings. The van der Waals surface area contributed by atoms with Gasteiger partial charge in [0.15, 0.2) is 0 Å². The van der Waals surface area contributed by atoms with Crippen molar-refractivity contribution in [1.82, 2.24) is 4.98 Å². The lowest BCUT2D eigenvalue weighted by Crippen LogP contribution is -1.89. The third-order valence-corrected chi connectivity index (χ3v) is 2.67. The monoisotopic (exact) mass is 257 g/mol. The molecule has 0 aliphatic carbocycles. The molecule has 1 aromatic heterocycles. The third-order valence-electron chi connectivity index (χ3n) is 1.98. The number of alkyl halides is 2. The molecule has 0 aliphatic rings. The van der Waals surface area contributed by atoms with Gasteiger partial charge in [0.25, 0.3) is 6.43 Å². The Morgan fingerprint density at radius 2 is 2.00 bits per heavy atom. The Hall–Kier alpha value is -1.03. The maximum Gasteiger partial charge on any atom is 0.265 e. The Labute approximate surface area is 87.9 Å². The number of hydrogen-bond acceptors (Lipinski definition) is 1. The summed E-state index contributed by atoms with van der Waals surface area (Å²) in [6.07, 6.45) is -0.971. The summed E-state index contributed by atoms with van der Waals surface area (Å²) in [5.74, 6) is 0. The summed E-state index contributed by atoms with van der Waals surface area (Å²) in [5.41, 5.74) is 0.334. The van der Waals surface area contributed by atoms with Gasteiger partial charge >= 0.3 is 0 Å². The average molecular weight is 258 g/mol. The molecule has 0 N–H and O–H groups in total. The molecule has 0 spiro atoms. The molecule has 0 saturated heterocycles. The molecule has 1 nitrogen and oxygen atoms in total. The van der Waals surface area contributed by atoms with Crippen LogP contribution in [0.5, 0.6) is 0 Å². The van der Waals surface area contributed by atoms with Gasteiger partial charge in [-0.3, -0.25) is 4.98 Å². The van der Waals surface area contributed by atoms with Crippen LogP contribution in [0, 0.1) is 0 Å². The van der Waals surface area contributed by atoms with E-state index in [1.165, 1.54) is 12.3 Å². The zero-order chi connectivity index (χ0) is 10.1. The zero-order valence-corrected chi connectivity index (χ0v) is 8.63. The van der Waals surface area contributed by atoms with Gasteiger partial charge in [-0.05, 0) is 12.1 Å². The smallest absolute Gasteiger partial charge is 0.256 e. The standard InChI is InChI=1S/C10H6BrF2N/c11-8-4-3-7(10(12)13)9-6(8)2-1-5-14-9/h1-5,10H. The van der Waals surface area contributed by atoms with Crippen LogP contribution in [0.4, 0.5) is 8.78 Å². The molecular formula is C10H6BrF2N. The van der Waals surface area contributed by atoms with Crippen molar-refractivity contribution in [2.75, 3.05) is 0 Å². The van der Waals surface area contributed by atoms with Crippen LogP contribution < -0.4 is 0 Å². The molecule has 14 heavy (non-hydrogen) atoms. The largest absolute Gasteiger partial charge is 0.265 e. The third kappa shape index (κ3) is 1.50. The Balaban J connectivity index is 2.82. The average Bonchev–Trinajstić information content (AvgIpc) is 2.18. The van der Waals surface area contributed by atoms with Crippen molar-refractivity contribution >= 4 is 26.8 Å². The van der Waals surface area contributed by atoms with E-state index in [0.29, 0.717) is 10.9 Å². The van der Waals surface area contributed by atoms with Gasteiger partial charge in [0.2, 0.25) is 0 Å². The predicted molar refractivity (Wildman–Crippen MR) is 54.4 cm³/mol. The van der Waals surface area contributed by atoms with Crippen molar-refractivity contribution < 1.29 is 8.78 Å². The Bertz CT molecular complexity index is 471. The highest BCUT2D eigenvalue weighted by atomic mass is 79.9. The summed E-state index contributed by atoms with van der Waals surface area (Å²) in [5, 5.41) is 0.713. The summed E-state index contributed by atoms with van der Waals surface area (Å²) in [7, 11) is 0. The van der Waals surface area contributed by atoms with Crippen LogP contribution in [0.1, 0.15) is 12.0 Å². The second kappa shape index (κ2) is 3.61. The fraction of sp³-hybridized carbons (Fsp3) is 0.100. The highest BCUT2D eigenvalue weighted by Crippen LogP contribution is 2.30. The maximum atomic E-state index is 12.6. The van der Waals surface area contributed by atoms with Gasteiger partial charge in [-0.15, -0.1) is 0 Å². The van der Waals surface area contributed by atoms with Gasteiger partial charge in [-0.1, -0.05) is 28.1 Å². The highest BCUT2D eigenvalue weighted by molar-refractivity contribution is 9.10. The minimum absolute atomic E-state index is 0.0243. The van der Waals surface area contributed by atoms with Crippen molar-refractivity contribution in [2.45, 2.75) is 6.43 Å². The summed E-state index contributed by atoms with van der Waals surface area (Å²) in [6, 6.07) is 6.50. The molecule has 1 heterocycles. The van der Waals surface area contributed by atoms with E-state index in [1.54, 1.807) is 18.2 Å². The van der Waals surface area contributed by atoms with Crippen molar-refractivity contribution in [2.24, 2.45) is 0 Å². The van der Waals surface area contributed by atoms with Crippen molar-refractivity contribution in [3.8, 4) is 0 Å². The minimum atomic E-state index is -2.49. The van der Waals surface area contributed by atoms with Crippen molar-refractivity contribution in [3.05, 3.63) is 40.5 Å². The van der Waals surface area contributed by atoms with Crippen LogP contribution in [0.2, 0.25) is 0 Å². The molecular weight excluding hydrogens is 252 g/mol. The molecule has 72 valence electrons. The number of hydrogen-bond donors (Lipinski definition) is 0. The predicted octanol–water partition coefficient (Wildman–Crippen LogP) is 3.93. The molecule has 0 amide bonds. The van der Waals surface area contributed by atoms with Crippen LogP contribution in [0.3, 0.4) is 0 Å². The van der Waals surface area contributed by atoms with Gasteiger partial charge in [-0.25, -0.2) is 8.78 Å². The number of fused-ring (bicyclic) bond motifs is 1. The molecule has 4 heteroatoms. The molecule has 0 aliphatic heterocycles. The number of rotatable bonds is 1. The fourth-order valence-corrected chi connectivity index (χ4v) is 1.79. The van der Waals surface area contributed by atoms with Gasteiger partial charge in [0, 0.05) is 21.6 Å². The zero-order valence-electron chi connectivity index (χ0n) is 7.05. The van der Waals surface area contributed by atoms with Crippen molar-refractivity contribution in [1.29, 1.82) is 0 Å². The molecule has 2 rings (SSSR count). The van der Waals surface area contributed by atoms with E-state index in [2.05, 4.69) is 20.9 Å². The molecule has 0 bridgehead atoms. The van der Waals surface area contributed by atoms with Gasteiger partial charge in [-0.2, -0.15) is 0 Å². The van der Waals surface area contributed by atoms with E-state index in [9.17, 15) is 8.78 Å². The summed E-state index contributed by atoms with van der Waals surface area (Å²) in [6.45, 7) is 0. The molecule has 0 fully saturated rings. The summed E-state index contributed by atoms with van der Waals surface area (Å²) < 4.78 is 25.9. The molecule has 0 unspecified atom stereocenters. The number of benzene rings is 1. The van der Waals surface area contributed by atoms with Crippen LogP contribution >= 0.6 is 15.9 Å². The first kappa shape index (κ1) is 9.52. The van der Waals surface area contributed by atoms with Crippen LogP contribution in [0.25, 0.3) is 10.9 Å². The Morgan fingerprint density at radius 1 is 1.21 bits per heavy atom. The normalized spacial score (nSPS) is 11.1. The number of aromatic nitrogens is 1. The lowest BCUT2D eigenvalue weighted by molar-refractivity contribution is 0.153. The maximum absolute atomic E-state index is 12.6. The first-order valence-corrected chi connectivity index (χ1v) is 4.80. The quantitative estimate of drug-likeness (QED) is 0.755. The molecule has 1 aromatic carbocycles. The summed E-state index contributed by atoms with van der Waals surface area (Å²) >= 11 is 3.30. The van der Waals surface area contributed by atoms with E-state index in [0.717, 1.165) is 4.47 Å². The fourth-order valence-electron chi connectivity index (χ4n) is 1.34. The van der Waals surface area contributed by atoms with Gasteiger partial charge < -0.3 is 0 Å². The molecule has 0 atom stereocenters. The first-order valence-electron chi connectivity index (χ1n) is 4.01. The lowest BCUT2D eigenvalue weighted by atomic mass is 10.1. The highest BCUT2D eigenvalue weighted by Gasteiger charge is 2.13. The van der Waals surface area contributed by atoms with Crippen LogP contribution in [-0.2, 0) is 0 Å². The lowest BCUT2D eigenvalue weighted by Gasteiger charge is -2.05. The van der Waals surface area contributed by atoms with E-state index in [1.807, 2.05) is 0 Å². The first-order chi connectivity index (χ1) is 6.70.